The van der Waals surface area contributed by atoms with Crippen LogP contribution in [0.25, 0.3) is 0 Å². The molecule has 0 saturated heterocycles. The number of nitrogens with zero attached hydrogens (tertiary/aromatic N) is 1. The molecule has 1 aromatic heterocycles. The molecule has 1 atom stereocenters. The summed E-state index contributed by atoms with van der Waals surface area (Å²) in [5.74, 6) is 1.07. The third-order valence-electron chi connectivity index (χ3n) is 3.32. The highest BCUT2D eigenvalue weighted by Crippen LogP contribution is 2.32. The van der Waals surface area contributed by atoms with Crippen molar-refractivity contribution < 1.29 is 9.53 Å². The number of fused-ring (bicyclic) bond motifs is 1. The number of halogens is 1. The van der Waals surface area contributed by atoms with Crippen LogP contribution in [0.4, 0.5) is 5.82 Å². The van der Waals surface area contributed by atoms with Crippen molar-refractivity contribution in [3.63, 3.8) is 0 Å². The average molecular weight is 304 g/mol. The maximum atomic E-state index is 12.4. The lowest BCUT2D eigenvalue weighted by Gasteiger charge is -2.12. The van der Waals surface area contributed by atoms with Gasteiger partial charge in [-0.3, -0.25) is 4.79 Å². The van der Waals surface area contributed by atoms with Gasteiger partial charge in [-0.1, -0.05) is 29.8 Å². The highest BCUT2D eigenvalue weighted by atomic mass is 35.5. The molecule has 0 fully saturated rings. The van der Waals surface area contributed by atoms with Crippen LogP contribution in [0.3, 0.4) is 0 Å². The fourth-order valence-electron chi connectivity index (χ4n) is 2.25. The van der Waals surface area contributed by atoms with Gasteiger partial charge in [-0.05, 0) is 18.2 Å². The van der Waals surface area contributed by atoms with Crippen LogP contribution in [0.15, 0.2) is 36.4 Å². The first kappa shape index (κ1) is 13.7. The molecule has 0 aliphatic carbocycles. The highest BCUT2D eigenvalue weighted by molar-refractivity contribution is 6.33. The van der Waals surface area contributed by atoms with Crippen molar-refractivity contribution in [1.29, 1.82) is 0 Å². The van der Waals surface area contributed by atoms with Gasteiger partial charge in [0.15, 0.2) is 0 Å². The number of benzene rings is 1. The number of carbonyl (C=O) groups excluding carboxylic acids is 1. The summed E-state index contributed by atoms with van der Waals surface area (Å²) >= 11 is 6.05. The van der Waals surface area contributed by atoms with Gasteiger partial charge in [0, 0.05) is 12.6 Å². The summed E-state index contributed by atoms with van der Waals surface area (Å²) in [7, 11) is 1.74. The smallest absolute Gasteiger partial charge is 0.272 e. The topological polar surface area (TPSA) is 63.2 Å². The summed E-state index contributed by atoms with van der Waals surface area (Å²) in [5.41, 5.74) is 1.17. The van der Waals surface area contributed by atoms with Crippen molar-refractivity contribution in [3.8, 4) is 5.75 Å². The Kier molecular flexibility index (Phi) is 3.66. The molecule has 2 N–H and O–H groups in total. The van der Waals surface area contributed by atoms with Gasteiger partial charge >= 0.3 is 0 Å². The van der Waals surface area contributed by atoms with E-state index in [1.165, 1.54) is 0 Å². The van der Waals surface area contributed by atoms with E-state index < -0.39 is 0 Å². The monoisotopic (exact) mass is 303 g/mol. The number of hydrogen-bond acceptors (Lipinski definition) is 4. The molecular formula is C15H14ClN3O2. The molecule has 1 aliphatic heterocycles. The number of ether oxygens (including phenoxy) is 1. The normalized spacial score (nSPS) is 16.0. The van der Waals surface area contributed by atoms with Crippen molar-refractivity contribution in [1.82, 2.24) is 10.3 Å². The van der Waals surface area contributed by atoms with Crippen molar-refractivity contribution in [2.24, 2.45) is 0 Å². The molecule has 0 radical (unpaired) electrons. The van der Waals surface area contributed by atoms with Crippen LogP contribution >= 0.6 is 11.6 Å². The lowest BCUT2D eigenvalue weighted by atomic mass is 10.1. The van der Waals surface area contributed by atoms with Gasteiger partial charge in [0.2, 0.25) is 0 Å². The molecule has 6 heteroatoms. The van der Waals surface area contributed by atoms with Crippen LogP contribution in [-0.2, 0) is 0 Å². The predicted octanol–water partition coefficient (Wildman–Crippen LogP) is 2.64. The minimum Gasteiger partial charge on any atom is -0.491 e. The Morgan fingerprint density at radius 1 is 1.33 bits per heavy atom. The quantitative estimate of drug-likeness (QED) is 0.915. The largest absolute Gasteiger partial charge is 0.491 e. The van der Waals surface area contributed by atoms with Crippen molar-refractivity contribution in [2.75, 3.05) is 19.0 Å². The van der Waals surface area contributed by atoms with Crippen molar-refractivity contribution in [3.05, 3.63) is 52.7 Å². The Morgan fingerprint density at radius 2 is 2.14 bits per heavy atom. The van der Waals surface area contributed by atoms with Gasteiger partial charge < -0.3 is 15.4 Å². The molecule has 1 aliphatic rings. The standard InChI is InChI=1S/C15H14ClN3O2/c1-17-13-7-6-10(16)14(19-13)15(20)18-11-8-21-12-5-3-2-4-9(11)12/h2-7,11H,8H2,1H3,(H,17,19)(H,18,20). The summed E-state index contributed by atoms with van der Waals surface area (Å²) in [6.07, 6.45) is 0. The summed E-state index contributed by atoms with van der Waals surface area (Å²) in [6, 6.07) is 10.8. The molecule has 21 heavy (non-hydrogen) atoms. The second-order valence-electron chi connectivity index (χ2n) is 4.65. The Labute approximate surface area is 127 Å². The van der Waals surface area contributed by atoms with E-state index in [0.717, 1.165) is 11.3 Å². The number of aromatic nitrogens is 1. The molecule has 0 saturated carbocycles. The minimum absolute atomic E-state index is 0.190. The van der Waals surface area contributed by atoms with Gasteiger partial charge in [-0.2, -0.15) is 0 Å². The molecule has 2 heterocycles. The number of carbonyl (C=O) groups is 1. The molecule has 1 amide bonds. The molecule has 1 unspecified atom stereocenters. The van der Waals surface area contributed by atoms with Gasteiger partial charge in [0.1, 0.15) is 23.9 Å². The van der Waals surface area contributed by atoms with E-state index >= 15 is 0 Å². The van der Waals surface area contributed by atoms with Gasteiger partial charge in [0.05, 0.1) is 11.1 Å². The summed E-state index contributed by atoms with van der Waals surface area (Å²) in [4.78, 5) is 16.6. The SMILES string of the molecule is CNc1ccc(Cl)c(C(=O)NC2COc3ccccc32)n1. The average Bonchev–Trinajstić information content (AvgIpc) is 2.91. The van der Waals surface area contributed by atoms with E-state index in [9.17, 15) is 4.79 Å². The summed E-state index contributed by atoms with van der Waals surface area (Å²) < 4.78 is 5.54. The van der Waals surface area contributed by atoms with E-state index in [0.29, 0.717) is 17.4 Å². The number of para-hydroxylation sites is 1. The van der Waals surface area contributed by atoms with Crippen LogP contribution in [0.1, 0.15) is 22.1 Å². The van der Waals surface area contributed by atoms with E-state index in [-0.39, 0.29) is 17.6 Å². The Morgan fingerprint density at radius 3 is 2.95 bits per heavy atom. The lowest BCUT2D eigenvalue weighted by Crippen LogP contribution is -2.30. The molecule has 3 rings (SSSR count). The zero-order valence-corrected chi connectivity index (χ0v) is 12.1. The number of rotatable bonds is 3. The van der Waals surface area contributed by atoms with Crippen LogP contribution < -0.4 is 15.4 Å². The van der Waals surface area contributed by atoms with E-state index in [4.69, 9.17) is 16.3 Å². The summed E-state index contributed by atoms with van der Waals surface area (Å²) in [5, 5.41) is 6.11. The van der Waals surface area contributed by atoms with E-state index in [2.05, 4.69) is 15.6 Å². The zero-order valence-electron chi connectivity index (χ0n) is 11.4. The first-order chi connectivity index (χ1) is 10.2. The van der Waals surface area contributed by atoms with Gasteiger partial charge in [0.25, 0.3) is 5.91 Å². The molecule has 0 spiro atoms. The first-order valence-corrected chi connectivity index (χ1v) is 6.93. The second kappa shape index (κ2) is 5.61. The maximum absolute atomic E-state index is 12.4. The van der Waals surface area contributed by atoms with Gasteiger partial charge in [-0.25, -0.2) is 4.98 Å². The third-order valence-corrected chi connectivity index (χ3v) is 3.63. The molecule has 5 nitrogen and oxygen atoms in total. The molecule has 0 bridgehead atoms. The summed E-state index contributed by atoms with van der Waals surface area (Å²) in [6.45, 7) is 0.411. The molecule has 2 aromatic rings. The zero-order chi connectivity index (χ0) is 14.8. The molecular weight excluding hydrogens is 290 g/mol. The van der Waals surface area contributed by atoms with Crippen LogP contribution in [-0.4, -0.2) is 24.5 Å². The molecule has 108 valence electrons. The van der Waals surface area contributed by atoms with E-state index in [1.54, 1.807) is 19.2 Å². The Hall–Kier alpha value is -2.27. The molecule has 1 aromatic carbocycles. The lowest BCUT2D eigenvalue weighted by molar-refractivity contribution is 0.0925. The fraction of sp³-hybridized carbons (Fsp3) is 0.200. The van der Waals surface area contributed by atoms with Crippen LogP contribution in [0.2, 0.25) is 5.02 Å². The van der Waals surface area contributed by atoms with Crippen LogP contribution in [0.5, 0.6) is 5.75 Å². The Bertz CT molecular complexity index is 690. The first-order valence-electron chi connectivity index (χ1n) is 6.56. The number of hydrogen-bond donors (Lipinski definition) is 2. The second-order valence-corrected chi connectivity index (χ2v) is 5.06. The fourth-order valence-corrected chi connectivity index (χ4v) is 2.44. The third kappa shape index (κ3) is 2.64. The van der Waals surface area contributed by atoms with E-state index in [1.807, 2.05) is 24.3 Å². The maximum Gasteiger partial charge on any atom is 0.272 e. The van der Waals surface area contributed by atoms with Crippen molar-refractivity contribution >= 4 is 23.3 Å². The minimum atomic E-state index is -0.317. The van der Waals surface area contributed by atoms with Crippen LogP contribution in [0, 0.1) is 0 Å². The van der Waals surface area contributed by atoms with Crippen molar-refractivity contribution in [2.45, 2.75) is 6.04 Å². The number of anilines is 1. The number of nitrogens with one attached hydrogen (secondary N) is 2. The Balaban J connectivity index is 1.82. The number of pyridine rings is 1. The van der Waals surface area contributed by atoms with Gasteiger partial charge in [-0.15, -0.1) is 0 Å². The number of amides is 1. The predicted molar refractivity (Wildman–Crippen MR) is 80.9 cm³/mol. The highest BCUT2D eigenvalue weighted by Gasteiger charge is 2.26.